The first-order valence-corrected chi connectivity index (χ1v) is 7.28. The Labute approximate surface area is 127 Å². The Morgan fingerprint density at radius 3 is 2.90 bits per heavy atom. The van der Waals surface area contributed by atoms with Crippen molar-refractivity contribution in [3.05, 3.63) is 32.8 Å². The SMILES string of the molecule is CC(=O)N1N=C(C)SC1Nc1ccc(Br)cc1[N+](=O)[O-]. The van der Waals surface area contributed by atoms with Crippen LogP contribution in [0.2, 0.25) is 0 Å². The van der Waals surface area contributed by atoms with Crippen molar-refractivity contribution in [2.75, 3.05) is 5.32 Å². The largest absolute Gasteiger partial charge is 0.349 e. The van der Waals surface area contributed by atoms with Crippen molar-refractivity contribution in [3.63, 3.8) is 0 Å². The van der Waals surface area contributed by atoms with Crippen LogP contribution >= 0.6 is 27.7 Å². The van der Waals surface area contributed by atoms with Crippen LogP contribution in [0.15, 0.2) is 27.8 Å². The first-order chi connectivity index (χ1) is 9.38. The van der Waals surface area contributed by atoms with Crippen LogP contribution in [0.3, 0.4) is 0 Å². The summed E-state index contributed by atoms with van der Waals surface area (Å²) in [5.41, 5.74) is -0.202. The van der Waals surface area contributed by atoms with Crippen LogP contribution in [0, 0.1) is 10.1 Å². The van der Waals surface area contributed by atoms with Gasteiger partial charge in [-0.1, -0.05) is 27.7 Å². The lowest BCUT2D eigenvalue weighted by molar-refractivity contribution is -0.384. The maximum absolute atomic E-state index is 11.5. The number of carbonyl (C=O) groups is 1. The van der Waals surface area contributed by atoms with E-state index < -0.39 is 10.4 Å². The number of hydrogen-bond donors (Lipinski definition) is 1. The lowest BCUT2D eigenvalue weighted by Crippen LogP contribution is -2.34. The van der Waals surface area contributed by atoms with Gasteiger partial charge >= 0.3 is 0 Å². The van der Waals surface area contributed by atoms with E-state index >= 15 is 0 Å². The van der Waals surface area contributed by atoms with Gasteiger partial charge in [0.1, 0.15) is 5.69 Å². The number of hydrazone groups is 1. The number of nitro benzene ring substituents is 1. The molecule has 20 heavy (non-hydrogen) atoms. The van der Waals surface area contributed by atoms with E-state index in [-0.39, 0.29) is 11.6 Å². The summed E-state index contributed by atoms with van der Waals surface area (Å²) in [7, 11) is 0. The number of nitro groups is 1. The van der Waals surface area contributed by atoms with Crippen molar-refractivity contribution in [2.24, 2.45) is 5.10 Å². The topological polar surface area (TPSA) is 87.8 Å². The van der Waals surface area contributed by atoms with E-state index in [4.69, 9.17) is 0 Å². The number of anilines is 1. The molecule has 0 fully saturated rings. The summed E-state index contributed by atoms with van der Waals surface area (Å²) in [6.45, 7) is 3.17. The third-order valence-electron chi connectivity index (χ3n) is 2.51. The molecular weight excluding hydrogens is 348 g/mol. The molecule has 1 atom stereocenters. The smallest absolute Gasteiger partial charge is 0.293 e. The van der Waals surface area contributed by atoms with Crippen molar-refractivity contribution in [1.29, 1.82) is 0 Å². The Morgan fingerprint density at radius 1 is 1.60 bits per heavy atom. The van der Waals surface area contributed by atoms with Crippen LogP contribution in [-0.2, 0) is 4.79 Å². The van der Waals surface area contributed by atoms with Gasteiger partial charge in [0.25, 0.3) is 5.69 Å². The van der Waals surface area contributed by atoms with E-state index in [1.807, 2.05) is 0 Å². The minimum Gasteiger partial charge on any atom is -0.349 e. The van der Waals surface area contributed by atoms with Gasteiger partial charge in [-0.3, -0.25) is 14.9 Å². The predicted octanol–water partition coefficient (Wildman–Crippen LogP) is 2.98. The number of halogens is 1. The molecule has 0 saturated carbocycles. The fraction of sp³-hybridized carbons (Fsp3) is 0.273. The quantitative estimate of drug-likeness (QED) is 0.662. The molecule has 0 aliphatic carbocycles. The Hall–Kier alpha value is -1.61. The first kappa shape index (κ1) is 14.8. The van der Waals surface area contributed by atoms with Gasteiger partial charge in [0.05, 0.1) is 9.97 Å². The molecule has 1 aromatic rings. The highest BCUT2D eigenvalue weighted by Crippen LogP contribution is 2.33. The minimum atomic E-state index is -0.479. The molecular formula is C11H11BrN4O3S. The van der Waals surface area contributed by atoms with Crippen LogP contribution < -0.4 is 5.32 Å². The summed E-state index contributed by atoms with van der Waals surface area (Å²) in [5.74, 6) is -0.230. The zero-order valence-electron chi connectivity index (χ0n) is 10.7. The monoisotopic (exact) mass is 358 g/mol. The molecule has 1 aliphatic heterocycles. The van der Waals surface area contributed by atoms with Crippen molar-refractivity contribution in [1.82, 2.24) is 5.01 Å². The molecule has 7 nitrogen and oxygen atoms in total. The summed E-state index contributed by atoms with van der Waals surface area (Å²) in [6, 6.07) is 4.70. The Kier molecular flexibility index (Phi) is 4.29. The number of rotatable bonds is 3. The number of nitrogens with one attached hydrogen (secondary N) is 1. The van der Waals surface area contributed by atoms with Crippen LogP contribution in [-0.4, -0.2) is 26.4 Å². The summed E-state index contributed by atoms with van der Waals surface area (Å²) >= 11 is 4.53. The molecule has 1 amide bonds. The van der Waals surface area contributed by atoms with E-state index in [0.717, 1.165) is 5.04 Å². The number of nitrogens with zero attached hydrogens (tertiary/aromatic N) is 3. The Morgan fingerprint density at radius 2 is 2.30 bits per heavy atom. The third-order valence-corrected chi connectivity index (χ3v) is 3.97. The molecule has 1 aliphatic rings. The highest BCUT2D eigenvalue weighted by Gasteiger charge is 2.30. The number of thioether (sulfide) groups is 1. The molecule has 0 radical (unpaired) electrons. The normalized spacial score (nSPS) is 17.9. The molecule has 0 saturated heterocycles. The maximum Gasteiger partial charge on any atom is 0.293 e. The van der Waals surface area contributed by atoms with Gasteiger partial charge < -0.3 is 5.32 Å². The van der Waals surface area contributed by atoms with Crippen LogP contribution in [0.5, 0.6) is 0 Å². The number of benzene rings is 1. The van der Waals surface area contributed by atoms with Crippen molar-refractivity contribution in [2.45, 2.75) is 19.3 Å². The van der Waals surface area contributed by atoms with Gasteiger partial charge in [0.15, 0.2) is 5.50 Å². The number of amides is 1. The van der Waals surface area contributed by atoms with Crippen molar-refractivity contribution < 1.29 is 9.72 Å². The molecule has 0 spiro atoms. The zero-order valence-corrected chi connectivity index (χ0v) is 13.1. The molecule has 0 aromatic heterocycles. The highest BCUT2D eigenvalue weighted by atomic mass is 79.9. The maximum atomic E-state index is 11.5. The van der Waals surface area contributed by atoms with E-state index in [1.165, 1.54) is 29.8 Å². The molecule has 1 heterocycles. The van der Waals surface area contributed by atoms with Gasteiger partial charge in [0, 0.05) is 17.5 Å². The van der Waals surface area contributed by atoms with Gasteiger partial charge in [-0.15, -0.1) is 0 Å². The fourth-order valence-corrected chi connectivity index (χ4v) is 2.96. The van der Waals surface area contributed by atoms with E-state index in [1.54, 1.807) is 19.1 Å². The third kappa shape index (κ3) is 3.10. The lowest BCUT2D eigenvalue weighted by Gasteiger charge is -2.21. The lowest BCUT2D eigenvalue weighted by atomic mass is 10.3. The van der Waals surface area contributed by atoms with Gasteiger partial charge in [-0.25, -0.2) is 0 Å². The second kappa shape index (κ2) is 5.80. The minimum absolute atomic E-state index is 0.0620. The molecule has 2 rings (SSSR count). The van der Waals surface area contributed by atoms with Gasteiger partial charge in [-0.2, -0.15) is 10.1 Å². The van der Waals surface area contributed by atoms with Crippen LogP contribution in [0.1, 0.15) is 13.8 Å². The average Bonchev–Trinajstić information content (AvgIpc) is 2.72. The molecule has 1 N–H and O–H groups in total. The predicted molar refractivity (Wildman–Crippen MR) is 81.4 cm³/mol. The van der Waals surface area contributed by atoms with E-state index in [0.29, 0.717) is 10.2 Å². The van der Waals surface area contributed by atoms with E-state index in [9.17, 15) is 14.9 Å². The molecule has 1 unspecified atom stereocenters. The standard InChI is InChI=1S/C11H11BrN4O3S/c1-6-14-15(7(2)17)11(20-6)13-9-4-3-8(12)5-10(9)16(18)19/h3-5,11,13H,1-2H3. The molecule has 0 bridgehead atoms. The van der Waals surface area contributed by atoms with Crippen molar-refractivity contribution in [3.8, 4) is 0 Å². The fourth-order valence-electron chi connectivity index (χ4n) is 1.68. The second-order valence-corrected chi connectivity index (χ2v) is 6.20. The first-order valence-electron chi connectivity index (χ1n) is 5.60. The highest BCUT2D eigenvalue weighted by molar-refractivity contribution is 9.10. The summed E-state index contributed by atoms with van der Waals surface area (Å²) in [6.07, 6.45) is 0. The number of carbonyl (C=O) groups excluding carboxylic acids is 1. The average molecular weight is 359 g/mol. The summed E-state index contributed by atoms with van der Waals surface area (Å²) in [5, 5.41) is 20.1. The molecule has 9 heteroatoms. The Bertz CT molecular complexity index is 607. The second-order valence-electron chi connectivity index (χ2n) is 4.02. The molecule has 106 valence electrons. The van der Waals surface area contributed by atoms with E-state index in [2.05, 4.69) is 26.3 Å². The van der Waals surface area contributed by atoms with Gasteiger partial charge in [-0.05, 0) is 19.1 Å². The van der Waals surface area contributed by atoms with Crippen LogP contribution in [0.25, 0.3) is 0 Å². The number of hydrogen-bond acceptors (Lipinski definition) is 6. The van der Waals surface area contributed by atoms with Gasteiger partial charge in [0.2, 0.25) is 5.91 Å². The summed E-state index contributed by atoms with van der Waals surface area (Å²) in [4.78, 5) is 22.1. The van der Waals surface area contributed by atoms with Crippen LogP contribution in [0.4, 0.5) is 11.4 Å². The Balaban J connectivity index is 2.27. The molecule has 1 aromatic carbocycles. The summed E-state index contributed by atoms with van der Waals surface area (Å²) < 4.78 is 0.615. The zero-order chi connectivity index (χ0) is 14.9. The van der Waals surface area contributed by atoms with Crippen molar-refractivity contribution >= 4 is 50.0 Å².